The van der Waals surface area contributed by atoms with Crippen molar-refractivity contribution in [1.82, 2.24) is 10.1 Å². The molecule has 0 fully saturated rings. The highest BCUT2D eigenvalue weighted by Gasteiger charge is 2.27. The Balaban J connectivity index is 1.76. The van der Waals surface area contributed by atoms with E-state index in [1.54, 1.807) is 19.9 Å². The minimum Gasteiger partial charge on any atom is -0.492 e. The van der Waals surface area contributed by atoms with Crippen molar-refractivity contribution in [1.29, 1.82) is 0 Å². The summed E-state index contributed by atoms with van der Waals surface area (Å²) < 4.78 is 10.9. The van der Waals surface area contributed by atoms with Gasteiger partial charge < -0.3 is 20.1 Å². The van der Waals surface area contributed by atoms with Crippen molar-refractivity contribution in [3.05, 3.63) is 51.2 Å². The lowest BCUT2D eigenvalue weighted by atomic mass is 10.0. The molecule has 148 valence electrons. The summed E-state index contributed by atoms with van der Waals surface area (Å²) in [5.41, 5.74) is 6.42. The first-order valence-electron chi connectivity index (χ1n) is 9.01. The van der Waals surface area contributed by atoms with Gasteiger partial charge in [0, 0.05) is 28.0 Å². The van der Waals surface area contributed by atoms with Gasteiger partial charge in [0.05, 0.1) is 12.3 Å². The second-order valence-corrected chi connectivity index (χ2v) is 8.19. The number of aromatic nitrogens is 2. The molecule has 0 saturated carbocycles. The van der Waals surface area contributed by atoms with Gasteiger partial charge in [-0.3, -0.25) is 4.79 Å². The quantitative estimate of drug-likeness (QED) is 0.630. The number of carbonyl (C=O) groups is 1. The van der Waals surface area contributed by atoms with Gasteiger partial charge in [-0.1, -0.05) is 23.9 Å². The van der Waals surface area contributed by atoms with E-state index in [-0.39, 0.29) is 10.9 Å². The Kier molecular flexibility index (Phi) is 4.65. The third-order valence-corrected chi connectivity index (χ3v) is 5.91. The number of rotatable bonds is 2. The fourth-order valence-corrected chi connectivity index (χ4v) is 3.99. The van der Waals surface area contributed by atoms with Gasteiger partial charge in [0.15, 0.2) is 10.6 Å². The Morgan fingerprint density at radius 2 is 2.21 bits per heavy atom. The van der Waals surface area contributed by atoms with E-state index in [1.165, 1.54) is 11.3 Å². The summed E-state index contributed by atoms with van der Waals surface area (Å²) in [4.78, 5) is 17.0. The number of benzene rings is 1. The Labute approximate surface area is 171 Å². The smallest absolute Gasteiger partial charge is 0.277 e. The van der Waals surface area contributed by atoms with Crippen LogP contribution in [0.5, 0.6) is 5.75 Å². The maximum Gasteiger partial charge on any atom is 0.277 e. The molecule has 0 bridgehead atoms. The Bertz CT molecular complexity index is 1170. The van der Waals surface area contributed by atoms with E-state index in [9.17, 15) is 9.90 Å². The molecule has 0 spiro atoms. The van der Waals surface area contributed by atoms with Crippen LogP contribution in [0.4, 0.5) is 0 Å². The molecular weight excluding hydrogens is 390 g/mol. The number of ether oxygens (including phenoxy) is 1. The lowest BCUT2D eigenvalue weighted by molar-refractivity contribution is 0.0999. The molecule has 0 aliphatic carbocycles. The van der Waals surface area contributed by atoms with Crippen LogP contribution in [0.2, 0.25) is 0 Å². The Morgan fingerprint density at radius 1 is 1.41 bits per heavy atom. The fourth-order valence-electron chi connectivity index (χ4n) is 3.03. The van der Waals surface area contributed by atoms with E-state index >= 15 is 0 Å². The van der Waals surface area contributed by atoms with Gasteiger partial charge in [-0.05, 0) is 32.0 Å². The summed E-state index contributed by atoms with van der Waals surface area (Å²) in [5.74, 6) is 6.61. The number of nitrogens with two attached hydrogens (primary N) is 1. The topological polar surface area (TPSA) is 111 Å². The predicted molar refractivity (Wildman–Crippen MR) is 108 cm³/mol. The van der Waals surface area contributed by atoms with E-state index in [2.05, 4.69) is 22.0 Å². The third-order valence-electron chi connectivity index (χ3n) is 4.61. The average molecular weight is 409 g/mol. The van der Waals surface area contributed by atoms with E-state index in [4.69, 9.17) is 15.0 Å². The molecule has 0 unspecified atom stereocenters. The Morgan fingerprint density at radius 3 is 2.90 bits per heavy atom. The van der Waals surface area contributed by atoms with Gasteiger partial charge in [0.2, 0.25) is 0 Å². The molecule has 7 nitrogen and oxygen atoms in total. The molecular formula is C21H19N3O4S. The number of nitrogens with zero attached hydrogens (tertiary/aromatic N) is 2. The molecule has 1 aliphatic heterocycles. The van der Waals surface area contributed by atoms with E-state index in [1.807, 2.05) is 25.1 Å². The average Bonchev–Trinajstić information content (AvgIpc) is 3.29. The largest absolute Gasteiger partial charge is 0.492 e. The zero-order chi connectivity index (χ0) is 20.8. The van der Waals surface area contributed by atoms with E-state index < -0.39 is 11.5 Å². The SMILES string of the molecule is Cc1cc([C@](C)(O)C#Cc2ccc3c(c2)-c2nc(C(N)=O)sc2[C@@H](C)CO3)no1. The third kappa shape index (κ3) is 3.62. The number of fused-ring (bicyclic) bond motifs is 3. The minimum atomic E-state index is -1.46. The van der Waals surface area contributed by atoms with Crippen molar-refractivity contribution in [3.63, 3.8) is 0 Å². The first-order chi connectivity index (χ1) is 13.7. The maximum absolute atomic E-state index is 11.6. The predicted octanol–water partition coefficient (Wildman–Crippen LogP) is 2.96. The van der Waals surface area contributed by atoms with Gasteiger partial charge in [-0.15, -0.1) is 11.3 Å². The molecule has 4 rings (SSSR count). The summed E-state index contributed by atoms with van der Waals surface area (Å²) in [5, 5.41) is 14.7. The number of thiazole rings is 1. The van der Waals surface area contributed by atoms with Crippen LogP contribution >= 0.6 is 11.3 Å². The molecule has 2 aromatic heterocycles. The highest BCUT2D eigenvalue weighted by atomic mass is 32.1. The summed E-state index contributed by atoms with van der Waals surface area (Å²) in [6, 6.07) is 7.12. The molecule has 3 N–H and O–H groups in total. The number of aryl methyl sites for hydroxylation is 1. The summed E-state index contributed by atoms with van der Waals surface area (Å²) in [7, 11) is 0. The first-order valence-corrected chi connectivity index (χ1v) is 9.83. The lowest BCUT2D eigenvalue weighted by Crippen LogP contribution is -2.18. The van der Waals surface area contributed by atoms with Gasteiger partial charge in [0.1, 0.15) is 17.2 Å². The molecule has 29 heavy (non-hydrogen) atoms. The first kappa shape index (κ1) is 19.2. The van der Waals surface area contributed by atoms with Crippen LogP contribution in [0.25, 0.3) is 11.3 Å². The maximum atomic E-state index is 11.6. The van der Waals surface area contributed by atoms with Crippen molar-refractivity contribution >= 4 is 17.2 Å². The van der Waals surface area contributed by atoms with Crippen LogP contribution in [0.3, 0.4) is 0 Å². The zero-order valence-corrected chi connectivity index (χ0v) is 17.0. The number of hydrogen-bond donors (Lipinski definition) is 2. The van der Waals surface area contributed by atoms with Crippen LogP contribution < -0.4 is 10.5 Å². The zero-order valence-electron chi connectivity index (χ0n) is 16.1. The number of primary amides is 1. The summed E-state index contributed by atoms with van der Waals surface area (Å²) in [6.07, 6.45) is 0. The van der Waals surface area contributed by atoms with Gasteiger partial charge in [-0.25, -0.2) is 4.98 Å². The van der Waals surface area contributed by atoms with Crippen LogP contribution in [0.1, 0.15) is 51.5 Å². The highest BCUT2D eigenvalue weighted by Crippen LogP contribution is 2.41. The lowest BCUT2D eigenvalue weighted by Gasteiger charge is -2.12. The normalized spacial score (nSPS) is 17.0. The molecule has 1 amide bonds. The molecule has 8 heteroatoms. The molecule has 1 aliphatic rings. The van der Waals surface area contributed by atoms with Crippen molar-refractivity contribution in [3.8, 4) is 28.8 Å². The molecule has 3 aromatic rings. The van der Waals surface area contributed by atoms with E-state index in [0.717, 1.165) is 10.4 Å². The van der Waals surface area contributed by atoms with Crippen molar-refractivity contribution < 1.29 is 19.2 Å². The molecule has 0 radical (unpaired) electrons. The summed E-state index contributed by atoms with van der Waals surface area (Å²) in [6.45, 7) is 5.81. The number of aliphatic hydroxyl groups is 1. The van der Waals surface area contributed by atoms with Crippen molar-refractivity contribution in [2.24, 2.45) is 5.73 Å². The molecule has 3 heterocycles. The fraction of sp³-hybridized carbons (Fsp3) is 0.286. The van der Waals surface area contributed by atoms with E-state index in [0.29, 0.717) is 35.1 Å². The standard InChI is InChI=1S/C21H19N3O4S/c1-11-10-27-15-5-4-13(6-7-21(3,26)16-8-12(2)28-24-16)9-14(15)17-18(11)29-20(23-17)19(22)25/h4-5,8-9,11,26H,10H2,1-3H3,(H2,22,25)/t11-,21+/m0/s1. The molecule has 1 aromatic carbocycles. The van der Waals surface area contributed by atoms with Crippen molar-refractivity contribution in [2.45, 2.75) is 32.3 Å². The van der Waals surface area contributed by atoms with Crippen LogP contribution in [0.15, 0.2) is 28.8 Å². The van der Waals surface area contributed by atoms with Gasteiger partial charge in [0.25, 0.3) is 5.91 Å². The van der Waals surface area contributed by atoms with Gasteiger partial charge >= 0.3 is 0 Å². The van der Waals surface area contributed by atoms with Crippen molar-refractivity contribution in [2.75, 3.05) is 6.61 Å². The van der Waals surface area contributed by atoms with Crippen LogP contribution in [-0.4, -0.2) is 27.8 Å². The minimum absolute atomic E-state index is 0.0775. The van der Waals surface area contributed by atoms with Gasteiger partial charge in [-0.2, -0.15) is 0 Å². The second kappa shape index (κ2) is 7.03. The number of hydrogen-bond acceptors (Lipinski definition) is 7. The summed E-state index contributed by atoms with van der Waals surface area (Å²) >= 11 is 1.29. The second-order valence-electron chi connectivity index (χ2n) is 7.16. The number of amides is 1. The monoisotopic (exact) mass is 409 g/mol. The molecule has 0 saturated heterocycles. The van der Waals surface area contributed by atoms with Crippen LogP contribution in [0, 0.1) is 18.8 Å². The van der Waals surface area contributed by atoms with Crippen LogP contribution in [-0.2, 0) is 5.60 Å². The Hall–Kier alpha value is -3.15. The highest BCUT2D eigenvalue weighted by molar-refractivity contribution is 7.14. The molecule has 2 atom stereocenters. The number of carbonyl (C=O) groups excluding carboxylic acids is 1.